The molecule has 0 nitrogen and oxygen atoms in total. The Balaban J connectivity index is 2.07. The van der Waals surface area contributed by atoms with Gasteiger partial charge in [-0.2, -0.15) is 0 Å². The van der Waals surface area contributed by atoms with Crippen LogP contribution in [0.25, 0.3) is 0 Å². The van der Waals surface area contributed by atoms with E-state index in [1.54, 1.807) is 0 Å². The van der Waals surface area contributed by atoms with Crippen LogP contribution in [0.5, 0.6) is 0 Å². The highest BCUT2D eigenvalue weighted by atomic mass is 14.2. The van der Waals surface area contributed by atoms with Crippen LogP contribution in [-0.2, 0) is 0 Å². The summed E-state index contributed by atoms with van der Waals surface area (Å²) in [4.78, 5) is 0. The number of allylic oxidation sites excluding steroid dienone is 4. The molecule has 1 rings (SSSR count). The van der Waals surface area contributed by atoms with Gasteiger partial charge in [0, 0.05) is 0 Å². The molecule has 0 saturated carbocycles. The molecule has 0 N–H and O–H groups in total. The van der Waals surface area contributed by atoms with Crippen LogP contribution < -0.4 is 0 Å². The van der Waals surface area contributed by atoms with E-state index in [2.05, 4.69) is 38.2 Å². The van der Waals surface area contributed by atoms with Crippen molar-refractivity contribution in [3.63, 3.8) is 0 Å². The van der Waals surface area contributed by atoms with Crippen LogP contribution in [0.3, 0.4) is 0 Å². The third-order valence-electron chi connectivity index (χ3n) is 4.85. The molecule has 21 heavy (non-hydrogen) atoms. The molecule has 0 radical (unpaired) electrons. The summed E-state index contributed by atoms with van der Waals surface area (Å²) >= 11 is 0. The summed E-state index contributed by atoms with van der Waals surface area (Å²) in [6, 6.07) is 0. The Labute approximate surface area is 134 Å². The third kappa shape index (κ3) is 9.17. The first-order valence-electron chi connectivity index (χ1n) is 9.71. The Hall–Kier alpha value is -0.520. The van der Waals surface area contributed by atoms with Crippen LogP contribution in [0, 0.1) is 11.8 Å². The molecule has 0 aromatic rings. The van der Waals surface area contributed by atoms with Crippen LogP contribution in [0.15, 0.2) is 24.3 Å². The van der Waals surface area contributed by atoms with Crippen molar-refractivity contribution < 1.29 is 0 Å². The van der Waals surface area contributed by atoms with E-state index in [9.17, 15) is 0 Å². The van der Waals surface area contributed by atoms with Crippen LogP contribution in [0.1, 0.15) is 97.3 Å². The molecule has 0 amide bonds. The molecule has 0 heterocycles. The normalized spacial score (nSPS) is 21.6. The zero-order valence-corrected chi connectivity index (χ0v) is 14.7. The molecule has 0 heteroatoms. The molecule has 0 spiro atoms. The Morgan fingerprint density at radius 1 is 0.857 bits per heavy atom. The molecular formula is C21H38. The number of rotatable bonds is 13. The van der Waals surface area contributed by atoms with E-state index in [1.807, 2.05) is 0 Å². The van der Waals surface area contributed by atoms with Crippen LogP contribution >= 0.6 is 0 Å². The Morgan fingerprint density at radius 3 is 2.29 bits per heavy atom. The lowest BCUT2D eigenvalue weighted by Crippen LogP contribution is -2.05. The van der Waals surface area contributed by atoms with E-state index in [1.165, 1.54) is 83.5 Å². The zero-order valence-electron chi connectivity index (χ0n) is 14.7. The minimum Gasteiger partial charge on any atom is -0.0879 e. The Bertz CT molecular complexity index is 274. The van der Waals surface area contributed by atoms with Gasteiger partial charge in [-0.1, -0.05) is 95.9 Å². The fourth-order valence-corrected chi connectivity index (χ4v) is 3.39. The van der Waals surface area contributed by atoms with Crippen molar-refractivity contribution in [3.8, 4) is 0 Å². The molecule has 122 valence electrons. The van der Waals surface area contributed by atoms with Gasteiger partial charge in [-0.15, -0.1) is 0 Å². The van der Waals surface area contributed by atoms with Gasteiger partial charge in [0.15, 0.2) is 0 Å². The summed E-state index contributed by atoms with van der Waals surface area (Å²) in [5, 5.41) is 0. The van der Waals surface area contributed by atoms with E-state index >= 15 is 0 Å². The summed E-state index contributed by atoms with van der Waals surface area (Å²) in [5.41, 5.74) is 0. The lowest BCUT2D eigenvalue weighted by Gasteiger charge is -2.16. The first-order valence-corrected chi connectivity index (χ1v) is 9.71. The van der Waals surface area contributed by atoms with E-state index in [0.717, 1.165) is 11.8 Å². The maximum Gasteiger partial charge on any atom is -0.00222 e. The second kappa shape index (κ2) is 13.2. The molecule has 0 fully saturated rings. The van der Waals surface area contributed by atoms with Gasteiger partial charge in [0.2, 0.25) is 0 Å². The molecule has 2 atom stereocenters. The molecule has 0 aliphatic heterocycles. The third-order valence-corrected chi connectivity index (χ3v) is 4.85. The fourth-order valence-electron chi connectivity index (χ4n) is 3.39. The zero-order chi connectivity index (χ0) is 15.2. The molecule has 1 aliphatic carbocycles. The van der Waals surface area contributed by atoms with Gasteiger partial charge < -0.3 is 0 Å². The summed E-state index contributed by atoms with van der Waals surface area (Å²) in [6.07, 6.45) is 27.9. The second-order valence-corrected chi connectivity index (χ2v) is 6.84. The summed E-state index contributed by atoms with van der Waals surface area (Å²) in [5.74, 6) is 1.65. The molecule has 0 bridgehead atoms. The Morgan fingerprint density at radius 2 is 1.52 bits per heavy atom. The van der Waals surface area contributed by atoms with Crippen molar-refractivity contribution in [2.45, 2.75) is 97.3 Å². The Kier molecular flexibility index (Phi) is 11.6. The fraction of sp³-hybridized carbons (Fsp3) is 0.810. The predicted octanol–water partition coefficient (Wildman–Crippen LogP) is 7.46. The van der Waals surface area contributed by atoms with Gasteiger partial charge in [-0.3, -0.25) is 0 Å². The molecule has 1 aliphatic rings. The minimum atomic E-state index is 0.742. The van der Waals surface area contributed by atoms with Gasteiger partial charge in [-0.25, -0.2) is 0 Å². The first kappa shape index (κ1) is 18.5. The van der Waals surface area contributed by atoms with Crippen molar-refractivity contribution in [3.05, 3.63) is 24.3 Å². The van der Waals surface area contributed by atoms with Crippen molar-refractivity contribution in [2.75, 3.05) is 0 Å². The van der Waals surface area contributed by atoms with E-state index in [4.69, 9.17) is 0 Å². The summed E-state index contributed by atoms with van der Waals surface area (Å²) in [6.45, 7) is 4.58. The van der Waals surface area contributed by atoms with Crippen LogP contribution in [0.4, 0.5) is 0 Å². The van der Waals surface area contributed by atoms with E-state index in [0.29, 0.717) is 0 Å². The maximum atomic E-state index is 2.50. The summed E-state index contributed by atoms with van der Waals surface area (Å²) < 4.78 is 0. The largest absolute Gasteiger partial charge is 0.0879 e. The standard InChI is InChI=1S/C21H38/c1-3-5-7-9-11-13-16-20-18-15-19-21(20)17-14-12-10-8-6-4-2/h13,15-16,18,20-21H,3-12,14,17,19H2,1-2H3/t20-,21-/m0/s1. The quantitative estimate of drug-likeness (QED) is 0.244. The average molecular weight is 291 g/mol. The lowest BCUT2D eigenvalue weighted by atomic mass is 9.89. The molecule has 0 unspecified atom stereocenters. The average Bonchev–Trinajstić information content (AvgIpc) is 2.94. The van der Waals surface area contributed by atoms with Crippen LogP contribution in [-0.4, -0.2) is 0 Å². The van der Waals surface area contributed by atoms with E-state index < -0.39 is 0 Å². The highest BCUT2D eigenvalue weighted by Crippen LogP contribution is 2.31. The van der Waals surface area contributed by atoms with Gasteiger partial charge in [-0.05, 0) is 37.5 Å². The number of unbranched alkanes of at least 4 members (excludes halogenated alkanes) is 9. The van der Waals surface area contributed by atoms with Gasteiger partial charge in [0.05, 0.1) is 0 Å². The van der Waals surface area contributed by atoms with Crippen molar-refractivity contribution in [2.24, 2.45) is 11.8 Å². The van der Waals surface area contributed by atoms with Crippen molar-refractivity contribution in [1.29, 1.82) is 0 Å². The maximum absolute atomic E-state index is 2.50. The van der Waals surface area contributed by atoms with Gasteiger partial charge >= 0.3 is 0 Å². The van der Waals surface area contributed by atoms with Crippen molar-refractivity contribution in [1.82, 2.24) is 0 Å². The monoisotopic (exact) mass is 290 g/mol. The lowest BCUT2D eigenvalue weighted by molar-refractivity contribution is 0.421. The predicted molar refractivity (Wildman–Crippen MR) is 96.6 cm³/mol. The van der Waals surface area contributed by atoms with Gasteiger partial charge in [0.1, 0.15) is 0 Å². The highest BCUT2D eigenvalue weighted by molar-refractivity contribution is 5.09. The smallest absolute Gasteiger partial charge is 0.00222 e. The molecular weight excluding hydrogens is 252 g/mol. The number of hydrogen-bond acceptors (Lipinski definition) is 0. The molecule has 0 aromatic carbocycles. The van der Waals surface area contributed by atoms with Crippen LogP contribution in [0.2, 0.25) is 0 Å². The van der Waals surface area contributed by atoms with E-state index in [-0.39, 0.29) is 0 Å². The number of hydrogen-bond donors (Lipinski definition) is 0. The topological polar surface area (TPSA) is 0 Å². The summed E-state index contributed by atoms with van der Waals surface area (Å²) in [7, 11) is 0. The molecule has 0 saturated heterocycles. The second-order valence-electron chi connectivity index (χ2n) is 6.84. The highest BCUT2D eigenvalue weighted by Gasteiger charge is 2.19. The first-order chi connectivity index (χ1) is 10.4. The SMILES string of the molecule is CCCCCCC=C[C@H]1C=CC[C@@H]1CCCCCCCC. The molecule has 0 aromatic heterocycles. The van der Waals surface area contributed by atoms with Gasteiger partial charge in [0.25, 0.3) is 0 Å². The minimum absolute atomic E-state index is 0.742. The van der Waals surface area contributed by atoms with Crippen molar-refractivity contribution >= 4 is 0 Å².